The Labute approximate surface area is 123 Å². The van der Waals surface area contributed by atoms with Gasteiger partial charge >= 0.3 is 0 Å². The first-order valence-electron chi connectivity index (χ1n) is 6.24. The second-order valence-electron chi connectivity index (χ2n) is 4.06. The topological polar surface area (TPSA) is 106 Å². The van der Waals surface area contributed by atoms with E-state index in [4.69, 9.17) is 10.6 Å². The second-order valence-corrected chi connectivity index (χ2v) is 5.74. The number of benzene rings is 1. The van der Waals surface area contributed by atoms with E-state index >= 15 is 0 Å². The molecule has 21 heavy (non-hydrogen) atoms. The standard InChI is InChI=1S/C13H16N4O3S/c1-2-20-12-6-4-3-5-11(12)17-21(18,19)10-7-8-13(16-14)15-9-10/h3-9,17H,2,14H2,1H3,(H,15,16). The van der Waals surface area contributed by atoms with E-state index in [1.54, 1.807) is 24.3 Å². The highest BCUT2D eigenvalue weighted by molar-refractivity contribution is 7.92. The Morgan fingerprint density at radius 1 is 1.24 bits per heavy atom. The second kappa shape index (κ2) is 6.42. The Kier molecular flexibility index (Phi) is 4.61. The maximum Gasteiger partial charge on any atom is 0.263 e. The third-order valence-electron chi connectivity index (χ3n) is 2.63. The highest BCUT2D eigenvalue weighted by atomic mass is 32.2. The summed E-state index contributed by atoms with van der Waals surface area (Å²) in [4.78, 5) is 3.91. The molecular weight excluding hydrogens is 292 g/mol. The van der Waals surface area contributed by atoms with Gasteiger partial charge in [-0.3, -0.25) is 4.72 Å². The van der Waals surface area contributed by atoms with Gasteiger partial charge in [-0.25, -0.2) is 19.2 Å². The van der Waals surface area contributed by atoms with E-state index < -0.39 is 10.0 Å². The Morgan fingerprint density at radius 3 is 2.62 bits per heavy atom. The van der Waals surface area contributed by atoms with Gasteiger partial charge in [-0.2, -0.15) is 0 Å². The van der Waals surface area contributed by atoms with Crippen LogP contribution in [0.15, 0.2) is 47.5 Å². The lowest BCUT2D eigenvalue weighted by molar-refractivity contribution is 0.342. The van der Waals surface area contributed by atoms with Crippen LogP contribution in [0.25, 0.3) is 0 Å². The van der Waals surface area contributed by atoms with Gasteiger partial charge in [0, 0.05) is 6.20 Å². The smallest absolute Gasteiger partial charge is 0.263 e. The zero-order valence-corrected chi connectivity index (χ0v) is 12.2. The maximum absolute atomic E-state index is 12.3. The van der Waals surface area contributed by atoms with Gasteiger partial charge in [0.1, 0.15) is 16.5 Å². The van der Waals surface area contributed by atoms with E-state index in [2.05, 4.69) is 15.1 Å². The molecule has 2 rings (SSSR count). The van der Waals surface area contributed by atoms with E-state index in [0.29, 0.717) is 23.9 Å². The van der Waals surface area contributed by atoms with Gasteiger partial charge in [0.05, 0.1) is 12.3 Å². The summed E-state index contributed by atoms with van der Waals surface area (Å²) in [5, 5.41) is 0. The molecule has 0 unspecified atom stereocenters. The van der Waals surface area contributed by atoms with Crippen molar-refractivity contribution < 1.29 is 13.2 Å². The molecule has 1 heterocycles. The normalized spacial score (nSPS) is 11.0. The molecule has 0 saturated heterocycles. The van der Waals surface area contributed by atoms with Crippen molar-refractivity contribution in [2.75, 3.05) is 16.8 Å². The summed E-state index contributed by atoms with van der Waals surface area (Å²) in [6.45, 7) is 2.27. The van der Waals surface area contributed by atoms with Crippen molar-refractivity contribution in [2.45, 2.75) is 11.8 Å². The third kappa shape index (κ3) is 3.61. The molecular formula is C13H16N4O3S. The van der Waals surface area contributed by atoms with Gasteiger partial charge < -0.3 is 10.2 Å². The van der Waals surface area contributed by atoms with Crippen LogP contribution in [-0.4, -0.2) is 20.0 Å². The summed E-state index contributed by atoms with van der Waals surface area (Å²) < 4.78 is 32.5. The Hall–Kier alpha value is -2.32. The molecule has 0 aliphatic carbocycles. The van der Waals surface area contributed by atoms with Crippen LogP contribution < -0.4 is 20.7 Å². The zero-order chi connectivity index (χ0) is 15.3. The average molecular weight is 308 g/mol. The average Bonchev–Trinajstić information content (AvgIpc) is 2.49. The number of hydrazine groups is 1. The quantitative estimate of drug-likeness (QED) is 0.552. The number of aromatic nitrogens is 1. The number of para-hydroxylation sites is 2. The molecule has 0 aliphatic rings. The van der Waals surface area contributed by atoms with Gasteiger partial charge in [-0.05, 0) is 31.2 Å². The number of nitrogens with two attached hydrogens (primary N) is 1. The van der Waals surface area contributed by atoms with E-state index in [0.717, 1.165) is 0 Å². The number of pyridine rings is 1. The molecule has 0 bridgehead atoms. The molecule has 0 aliphatic heterocycles. The van der Waals surface area contributed by atoms with Crippen molar-refractivity contribution in [3.05, 3.63) is 42.6 Å². The Balaban J connectivity index is 2.28. The highest BCUT2D eigenvalue weighted by Gasteiger charge is 2.16. The number of rotatable bonds is 6. The van der Waals surface area contributed by atoms with Crippen LogP contribution in [0.3, 0.4) is 0 Å². The van der Waals surface area contributed by atoms with Crippen LogP contribution in [0.5, 0.6) is 5.75 Å². The number of hydrogen-bond donors (Lipinski definition) is 3. The summed E-state index contributed by atoms with van der Waals surface area (Å²) in [6, 6.07) is 9.70. The van der Waals surface area contributed by atoms with Gasteiger partial charge in [0.15, 0.2) is 0 Å². The van der Waals surface area contributed by atoms with Crippen molar-refractivity contribution in [3.8, 4) is 5.75 Å². The first-order chi connectivity index (χ1) is 10.1. The zero-order valence-electron chi connectivity index (χ0n) is 11.4. The molecule has 0 atom stereocenters. The molecule has 8 heteroatoms. The lowest BCUT2D eigenvalue weighted by atomic mass is 10.3. The summed E-state index contributed by atoms with van der Waals surface area (Å²) in [7, 11) is -3.74. The molecule has 0 saturated carbocycles. The van der Waals surface area contributed by atoms with Crippen molar-refractivity contribution in [1.82, 2.24) is 4.98 Å². The van der Waals surface area contributed by atoms with Crippen LogP contribution in [0, 0.1) is 0 Å². The molecule has 1 aromatic heterocycles. The highest BCUT2D eigenvalue weighted by Crippen LogP contribution is 2.26. The summed E-state index contributed by atoms with van der Waals surface area (Å²) in [5.41, 5.74) is 2.71. The first kappa shape index (κ1) is 15.1. The number of nitrogen functional groups attached to an aromatic ring is 1. The molecule has 0 fully saturated rings. The number of sulfonamides is 1. The Bertz CT molecular complexity index is 702. The molecule has 0 radical (unpaired) electrons. The number of anilines is 2. The van der Waals surface area contributed by atoms with Crippen molar-refractivity contribution in [3.63, 3.8) is 0 Å². The van der Waals surface area contributed by atoms with Gasteiger partial charge in [0.25, 0.3) is 10.0 Å². The summed E-state index contributed by atoms with van der Waals surface area (Å²) >= 11 is 0. The van der Waals surface area contributed by atoms with Gasteiger partial charge in [0.2, 0.25) is 0 Å². The monoisotopic (exact) mass is 308 g/mol. The van der Waals surface area contributed by atoms with Crippen LogP contribution in [0.2, 0.25) is 0 Å². The molecule has 0 spiro atoms. The molecule has 2 aromatic rings. The van der Waals surface area contributed by atoms with E-state index in [9.17, 15) is 8.42 Å². The molecule has 7 nitrogen and oxygen atoms in total. The minimum atomic E-state index is -3.74. The number of ether oxygens (including phenoxy) is 1. The van der Waals surface area contributed by atoms with Crippen molar-refractivity contribution in [1.29, 1.82) is 0 Å². The van der Waals surface area contributed by atoms with Crippen molar-refractivity contribution >= 4 is 21.5 Å². The predicted molar refractivity (Wildman–Crippen MR) is 80.5 cm³/mol. The van der Waals surface area contributed by atoms with Gasteiger partial charge in [-0.15, -0.1) is 0 Å². The maximum atomic E-state index is 12.3. The number of nitrogens with one attached hydrogen (secondary N) is 2. The molecule has 4 N–H and O–H groups in total. The fourth-order valence-electron chi connectivity index (χ4n) is 1.66. The molecule has 1 aromatic carbocycles. The minimum Gasteiger partial charge on any atom is -0.492 e. The van der Waals surface area contributed by atoms with E-state index in [1.165, 1.54) is 18.3 Å². The van der Waals surface area contributed by atoms with Crippen LogP contribution in [0.4, 0.5) is 11.5 Å². The van der Waals surface area contributed by atoms with Crippen LogP contribution in [0.1, 0.15) is 6.92 Å². The lowest BCUT2D eigenvalue weighted by Crippen LogP contribution is -2.15. The fraction of sp³-hybridized carbons (Fsp3) is 0.154. The van der Waals surface area contributed by atoms with E-state index in [-0.39, 0.29) is 4.90 Å². The molecule has 112 valence electrons. The third-order valence-corrected chi connectivity index (χ3v) is 3.98. The number of hydrogen-bond acceptors (Lipinski definition) is 6. The molecule has 0 amide bonds. The minimum absolute atomic E-state index is 0.0350. The Morgan fingerprint density at radius 2 is 2.00 bits per heavy atom. The first-order valence-corrected chi connectivity index (χ1v) is 7.72. The largest absolute Gasteiger partial charge is 0.492 e. The van der Waals surface area contributed by atoms with Crippen LogP contribution in [-0.2, 0) is 10.0 Å². The fourth-order valence-corrected chi connectivity index (χ4v) is 2.68. The summed E-state index contributed by atoms with van der Waals surface area (Å²) in [5.74, 6) is 6.04. The van der Waals surface area contributed by atoms with Crippen LogP contribution >= 0.6 is 0 Å². The van der Waals surface area contributed by atoms with E-state index in [1.807, 2.05) is 6.92 Å². The van der Waals surface area contributed by atoms with Gasteiger partial charge in [-0.1, -0.05) is 12.1 Å². The van der Waals surface area contributed by atoms with Crippen molar-refractivity contribution in [2.24, 2.45) is 5.84 Å². The SMILES string of the molecule is CCOc1ccccc1NS(=O)(=O)c1ccc(NN)nc1. The number of nitrogens with zero attached hydrogens (tertiary/aromatic N) is 1. The summed E-state index contributed by atoms with van der Waals surface area (Å²) in [6.07, 6.45) is 1.22. The predicted octanol–water partition coefficient (Wildman–Crippen LogP) is 1.57. The lowest BCUT2D eigenvalue weighted by Gasteiger charge is -2.12.